The van der Waals surface area contributed by atoms with E-state index in [2.05, 4.69) is 32.4 Å². The van der Waals surface area contributed by atoms with E-state index in [0.717, 1.165) is 17.5 Å². The first-order valence-electron chi connectivity index (χ1n) is 11.0. The number of hydrogen-bond donors (Lipinski definition) is 4. The normalized spacial score (nSPS) is 11.3. The van der Waals surface area contributed by atoms with Crippen LogP contribution in [0.1, 0.15) is 40.8 Å². The Hall–Kier alpha value is -4.52. The number of halogens is 2. The number of carbonyl (C=O) groups is 2. The van der Waals surface area contributed by atoms with Crippen molar-refractivity contribution in [2.75, 3.05) is 6.54 Å². The van der Waals surface area contributed by atoms with Gasteiger partial charge in [-0.25, -0.2) is 13.8 Å². The summed E-state index contributed by atoms with van der Waals surface area (Å²) < 4.78 is 25.2. The lowest BCUT2D eigenvalue weighted by Crippen LogP contribution is -2.34. The predicted molar refractivity (Wildman–Crippen MR) is 128 cm³/mol. The Morgan fingerprint density at radius 3 is 2.14 bits per heavy atom. The summed E-state index contributed by atoms with van der Waals surface area (Å²) in [4.78, 5) is 41.5. The first-order valence-corrected chi connectivity index (χ1v) is 11.0. The second-order valence-corrected chi connectivity index (χ2v) is 7.91. The smallest absolute Gasteiger partial charge is 0.293 e. The molecule has 3 rings (SSSR count). The van der Waals surface area contributed by atoms with E-state index in [1.165, 1.54) is 6.92 Å². The van der Waals surface area contributed by atoms with Gasteiger partial charge in [0.2, 0.25) is 17.6 Å². The minimum Gasteiger partial charge on any atom is -0.502 e. The summed E-state index contributed by atoms with van der Waals surface area (Å²) in [5, 5.41) is 14.9. The maximum atomic E-state index is 12.6. The van der Waals surface area contributed by atoms with Gasteiger partial charge < -0.3 is 20.7 Å². The lowest BCUT2D eigenvalue weighted by Gasteiger charge is -2.17. The number of aromatic hydroxyl groups is 1. The van der Waals surface area contributed by atoms with Crippen LogP contribution < -0.4 is 16.2 Å². The van der Waals surface area contributed by atoms with Gasteiger partial charge in [0.05, 0.1) is 18.8 Å². The van der Waals surface area contributed by atoms with Crippen LogP contribution in [0.5, 0.6) is 5.75 Å². The monoisotopic (exact) mass is 494 g/mol. The van der Waals surface area contributed by atoms with Gasteiger partial charge in [0.15, 0.2) is 0 Å². The summed E-state index contributed by atoms with van der Waals surface area (Å²) in [5.74, 6) is 3.30. The van der Waals surface area contributed by atoms with Crippen LogP contribution in [0, 0.1) is 11.8 Å². The number of carbonyl (C=O) groups excluding carboxylic acids is 2. The number of amides is 2. The minimum atomic E-state index is -2.75. The second kappa shape index (κ2) is 12.3. The number of nitrogens with one attached hydrogen (secondary N) is 3. The Balaban J connectivity index is 1.74. The van der Waals surface area contributed by atoms with Crippen LogP contribution in [-0.2, 0) is 22.6 Å². The van der Waals surface area contributed by atoms with Crippen LogP contribution in [0.4, 0.5) is 8.78 Å². The maximum absolute atomic E-state index is 12.6. The molecule has 0 aliphatic carbocycles. The van der Waals surface area contributed by atoms with Gasteiger partial charge in [0.25, 0.3) is 12.0 Å². The highest BCUT2D eigenvalue weighted by molar-refractivity contribution is 5.84. The molecule has 0 aliphatic rings. The summed E-state index contributed by atoms with van der Waals surface area (Å²) in [5.41, 5.74) is 2.07. The van der Waals surface area contributed by atoms with Gasteiger partial charge in [-0.15, -0.1) is 0 Å². The van der Waals surface area contributed by atoms with E-state index in [4.69, 9.17) is 0 Å². The molecule has 0 fully saturated rings. The van der Waals surface area contributed by atoms with Crippen molar-refractivity contribution < 1.29 is 23.5 Å². The number of rotatable bonds is 8. The Kier molecular flexibility index (Phi) is 8.89. The fourth-order valence-electron chi connectivity index (χ4n) is 3.31. The average Bonchev–Trinajstić information content (AvgIpc) is 2.86. The number of aromatic nitrogens is 2. The molecule has 1 atom stereocenters. The van der Waals surface area contributed by atoms with Crippen molar-refractivity contribution >= 4 is 11.8 Å². The van der Waals surface area contributed by atoms with Crippen LogP contribution >= 0.6 is 0 Å². The molecule has 0 bridgehead atoms. The molecule has 8 nitrogen and oxygen atoms in total. The molecule has 2 amide bonds. The Morgan fingerprint density at radius 1 is 1.00 bits per heavy atom. The fourth-order valence-corrected chi connectivity index (χ4v) is 3.31. The Morgan fingerprint density at radius 2 is 1.58 bits per heavy atom. The highest BCUT2D eigenvalue weighted by Crippen LogP contribution is 2.24. The molecule has 4 N–H and O–H groups in total. The fraction of sp³-hybridized carbons (Fsp3) is 0.231. The van der Waals surface area contributed by atoms with Gasteiger partial charge in [0.1, 0.15) is 5.69 Å². The predicted octanol–water partition coefficient (Wildman–Crippen LogP) is 2.22. The second-order valence-electron chi connectivity index (χ2n) is 7.91. The number of aromatic amines is 1. The van der Waals surface area contributed by atoms with Gasteiger partial charge >= 0.3 is 0 Å². The van der Waals surface area contributed by atoms with E-state index < -0.39 is 36.1 Å². The first kappa shape index (κ1) is 26.1. The number of benzene rings is 2. The standard InChI is InChI=1S/C26H24F2N4O4/c1-16(33)29-13-20-10-6-18(7-11-20)3-2-17-4-8-19(9-5-17)12-21(25(35)30-14-22(27)28)23-24(34)26(36)32-15-31-23/h4-11,15,21-22,34H,12-14H2,1H3,(H,29,33)(H,30,35)(H,31,32,36). The van der Waals surface area contributed by atoms with Crippen molar-refractivity contribution in [2.24, 2.45) is 0 Å². The first-order chi connectivity index (χ1) is 17.2. The molecule has 3 aromatic rings. The molecule has 2 aromatic carbocycles. The SMILES string of the molecule is CC(=O)NCc1ccc(C#Cc2ccc(CC(C(=O)NCC(F)F)c3nc[nH]c(=O)c3O)cc2)cc1. The summed E-state index contributed by atoms with van der Waals surface area (Å²) in [6, 6.07) is 14.4. The summed E-state index contributed by atoms with van der Waals surface area (Å²) in [7, 11) is 0. The Labute approximate surface area is 205 Å². The van der Waals surface area contributed by atoms with Gasteiger partial charge in [0, 0.05) is 24.6 Å². The molecule has 0 spiro atoms. The molecule has 36 heavy (non-hydrogen) atoms. The van der Waals surface area contributed by atoms with E-state index >= 15 is 0 Å². The average molecular weight is 494 g/mol. The van der Waals surface area contributed by atoms with Crippen LogP contribution in [0.3, 0.4) is 0 Å². The van der Waals surface area contributed by atoms with E-state index in [1.807, 2.05) is 24.3 Å². The van der Waals surface area contributed by atoms with Crippen LogP contribution in [0.25, 0.3) is 0 Å². The van der Waals surface area contributed by atoms with E-state index in [0.29, 0.717) is 17.7 Å². The van der Waals surface area contributed by atoms with E-state index in [-0.39, 0.29) is 18.0 Å². The summed E-state index contributed by atoms with van der Waals surface area (Å²) in [6.45, 7) is 1.04. The number of H-pyrrole nitrogens is 1. The van der Waals surface area contributed by atoms with Crippen molar-refractivity contribution in [1.29, 1.82) is 0 Å². The van der Waals surface area contributed by atoms with Crippen LogP contribution in [0.15, 0.2) is 59.7 Å². The number of alkyl halides is 2. The van der Waals surface area contributed by atoms with Crippen molar-refractivity contribution in [3.63, 3.8) is 0 Å². The number of nitrogens with zero attached hydrogens (tertiary/aromatic N) is 1. The van der Waals surface area contributed by atoms with Gasteiger partial charge in [-0.1, -0.05) is 36.1 Å². The third-order valence-electron chi connectivity index (χ3n) is 5.17. The molecule has 0 aliphatic heterocycles. The minimum absolute atomic E-state index is 0.0164. The molecule has 0 saturated heterocycles. The van der Waals surface area contributed by atoms with Crippen LogP contribution in [-0.4, -0.2) is 39.9 Å². The zero-order valence-electron chi connectivity index (χ0n) is 19.3. The van der Waals surface area contributed by atoms with Gasteiger partial charge in [-0.05, 0) is 41.8 Å². The molecule has 0 saturated carbocycles. The van der Waals surface area contributed by atoms with Crippen molar-refractivity contribution in [2.45, 2.75) is 32.2 Å². The van der Waals surface area contributed by atoms with Gasteiger partial charge in [-0.2, -0.15) is 0 Å². The van der Waals surface area contributed by atoms with Crippen LogP contribution in [0.2, 0.25) is 0 Å². The zero-order chi connectivity index (χ0) is 26.1. The Bertz CT molecular complexity index is 1330. The lowest BCUT2D eigenvalue weighted by molar-refractivity contribution is -0.123. The van der Waals surface area contributed by atoms with E-state index in [9.17, 15) is 28.3 Å². The van der Waals surface area contributed by atoms with Crippen molar-refractivity contribution in [1.82, 2.24) is 20.6 Å². The topological polar surface area (TPSA) is 124 Å². The molecule has 1 unspecified atom stereocenters. The molecule has 10 heteroatoms. The molecule has 0 radical (unpaired) electrons. The van der Waals surface area contributed by atoms with Crippen molar-refractivity contribution in [3.05, 3.63) is 93.2 Å². The highest BCUT2D eigenvalue weighted by atomic mass is 19.3. The molecule has 186 valence electrons. The highest BCUT2D eigenvalue weighted by Gasteiger charge is 2.27. The maximum Gasteiger partial charge on any atom is 0.293 e. The van der Waals surface area contributed by atoms with Crippen molar-refractivity contribution in [3.8, 4) is 17.6 Å². The largest absolute Gasteiger partial charge is 0.502 e. The molecule has 1 aromatic heterocycles. The quantitative estimate of drug-likeness (QED) is 0.358. The molecular formula is C26H24F2N4O4. The van der Waals surface area contributed by atoms with E-state index in [1.54, 1.807) is 24.3 Å². The zero-order valence-corrected chi connectivity index (χ0v) is 19.3. The molecular weight excluding hydrogens is 470 g/mol. The third-order valence-corrected chi connectivity index (χ3v) is 5.17. The lowest BCUT2D eigenvalue weighted by atomic mass is 9.94. The third kappa shape index (κ3) is 7.50. The number of hydrogen-bond acceptors (Lipinski definition) is 5. The summed E-state index contributed by atoms with van der Waals surface area (Å²) in [6.07, 6.45) is -1.69. The van der Waals surface area contributed by atoms with Gasteiger partial charge in [-0.3, -0.25) is 14.4 Å². The molecule has 1 heterocycles. The summed E-state index contributed by atoms with van der Waals surface area (Å²) >= 11 is 0.